The van der Waals surface area contributed by atoms with Gasteiger partial charge in [-0.05, 0) is 25.1 Å². The van der Waals surface area contributed by atoms with E-state index in [4.69, 9.17) is 16.9 Å². The number of nitrogens with zero attached hydrogens (tertiary/aromatic N) is 1. The number of halogens is 3. The number of allylic oxidation sites excluding steroid dienone is 1. The van der Waals surface area contributed by atoms with Crippen molar-refractivity contribution in [1.82, 2.24) is 0 Å². The third-order valence-electron chi connectivity index (χ3n) is 1.66. The van der Waals surface area contributed by atoms with E-state index in [2.05, 4.69) is 15.9 Å². The molecule has 0 amide bonds. The largest absolute Gasteiger partial charge is 0.206 e. The van der Waals surface area contributed by atoms with Crippen LogP contribution in [0.1, 0.15) is 12.5 Å². The van der Waals surface area contributed by atoms with E-state index in [1.165, 1.54) is 6.07 Å². The van der Waals surface area contributed by atoms with E-state index in [1.807, 2.05) is 6.07 Å². The van der Waals surface area contributed by atoms with Crippen molar-refractivity contribution in [2.75, 3.05) is 0 Å². The maximum atomic E-state index is 13.3. The van der Waals surface area contributed by atoms with Gasteiger partial charge in [0.25, 0.3) is 0 Å². The van der Waals surface area contributed by atoms with Crippen molar-refractivity contribution >= 4 is 32.6 Å². The SMILES string of the molecule is CC(C#N)=C(Cl)c1cc(Br)ccc1F. The van der Waals surface area contributed by atoms with Crippen LogP contribution in [-0.4, -0.2) is 0 Å². The molecule has 0 saturated carbocycles. The molecule has 72 valence electrons. The molecule has 0 bridgehead atoms. The van der Waals surface area contributed by atoms with Gasteiger partial charge in [-0.25, -0.2) is 4.39 Å². The van der Waals surface area contributed by atoms with Crippen LogP contribution in [0.25, 0.3) is 5.03 Å². The molecule has 0 saturated heterocycles. The fourth-order valence-corrected chi connectivity index (χ4v) is 1.46. The first-order valence-electron chi connectivity index (χ1n) is 3.78. The molecule has 1 aromatic rings. The minimum atomic E-state index is -0.437. The van der Waals surface area contributed by atoms with Gasteiger partial charge < -0.3 is 0 Å². The quantitative estimate of drug-likeness (QED) is 0.708. The maximum absolute atomic E-state index is 13.3. The molecule has 0 aliphatic rings. The van der Waals surface area contributed by atoms with Crippen LogP contribution in [0, 0.1) is 17.1 Å². The Bertz CT molecular complexity index is 434. The van der Waals surface area contributed by atoms with Gasteiger partial charge in [-0.3, -0.25) is 0 Å². The second-order valence-corrected chi connectivity index (χ2v) is 3.97. The first kappa shape index (κ1) is 11.2. The summed E-state index contributed by atoms with van der Waals surface area (Å²) in [5, 5.41) is 8.74. The molecular weight excluding hydrogens is 268 g/mol. The van der Waals surface area contributed by atoms with Gasteiger partial charge in [-0.15, -0.1) is 0 Å². The standard InChI is InChI=1S/C10H6BrClFN/c1-6(5-14)10(12)8-4-7(11)2-3-9(8)13/h2-4H,1H3. The number of benzene rings is 1. The summed E-state index contributed by atoms with van der Waals surface area (Å²) in [6.45, 7) is 1.54. The summed E-state index contributed by atoms with van der Waals surface area (Å²) in [5.41, 5.74) is 0.531. The van der Waals surface area contributed by atoms with Gasteiger partial charge in [0.05, 0.1) is 11.1 Å². The zero-order valence-corrected chi connectivity index (χ0v) is 9.66. The van der Waals surface area contributed by atoms with E-state index in [9.17, 15) is 4.39 Å². The molecule has 0 aromatic heterocycles. The Morgan fingerprint density at radius 1 is 1.57 bits per heavy atom. The highest BCUT2D eigenvalue weighted by Crippen LogP contribution is 2.27. The Kier molecular flexibility index (Phi) is 3.68. The van der Waals surface area contributed by atoms with Crippen molar-refractivity contribution in [3.63, 3.8) is 0 Å². The van der Waals surface area contributed by atoms with Crippen LogP contribution in [-0.2, 0) is 0 Å². The topological polar surface area (TPSA) is 23.8 Å². The summed E-state index contributed by atoms with van der Waals surface area (Å²) in [6.07, 6.45) is 0. The van der Waals surface area contributed by atoms with Gasteiger partial charge in [-0.2, -0.15) is 5.26 Å². The number of hydrogen-bond acceptors (Lipinski definition) is 1. The smallest absolute Gasteiger partial charge is 0.132 e. The molecule has 1 rings (SSSR count). The monoisotopic (exact) mass is 273 g/mol. The van der Waals surface area contributed by atoms with E-state index in [-0.39, 0.29) is 10.6 Å². The molecule has 0 unspecified atom stereocenters. The lowest BCUT2D eigenvalue weighted by Gasteiger charge is -2.02. The minimum Gasteiger partial charge on any atom is -0.206 e. The minimum absolute atomic E-state index is 0.145. The van der Waals surface area contributed by atoms with Crippen molar-refractivity contribution < 1.29 is 4.39 Å². The first-order valence-corrected chi connectivity index (χ1v) is 4.95. The zero-order valence-electron chi connectivity index (χ0n) is 7.31. The number of nitriles is 1. The van der Waals surface area contributed by atoms with Crippen molar-refractivity contribution in [3.05, 3.63) is 39.6 Å². The summed E-state index contributed by atoms with van der Waals surface area (Å²) >= 11 is 9.04. The molecule has 0 spiro atoms. The van der Waals surface area contributed by atoms with Crippen LogP contribution in [0.2, 0.25) is 0 Å². The Balaban J connectivity index is 3.34. The molecule has 0 N–H and O–H groups in total. The number of hydrogen-bond donors (Lipinski definition) is 0. The van der Waals surface area contributed by atoms with Gasteiger partial charge in [-0.1, -0.05) is 27.5 Å². The maximum Gasteiger partial charge on any atom is 0.132 e. The Hall–Kier alpha value is -0.850. The van der Waals surface area contributed by atoms with Crippen LogP contribution in [0.4, 0.5) is 4.39 Å². The average molecular weight is 275 g/mol. The Morgan fingerprint density at radius 2 is 2.21 bits per heavy atom. The third kappa shape index (κ3) is 2.34. The molecule has 0 heterocycles. The second kappa shape index (κ2) is 4.59. The molecule has 0 aliphatic heterocycles. The molecule has 0 fully saturated rings. The third-order valence-corrected chi connectivity index (χ3v) is 2.64. The van der Waals surface area contributed by atoms with Gasteiger partial charge in [0.2, 0.25) is 0 Å². The highest BCUT2D eigenvalue weighted by atomic mass is 79.9. The van der Waals surface area contributed by atoms with Crippen molar-refractivity contribution in [1.29, 1.82) is 5.26 Å². The molecular formula is C10H6BrClFN. The molecule has 4 heteroatoms. The highest BCUT2D eigenvalue weighted by Gasteiger charge is 2.09. The highest BCUT2D eigenvalue weighted by molar-refractivity contribution is 9.10. The van der Waals surface area contributed by atoms with Crippen LogP contribution in [0.5, 0.6) is 0 Å². The molecule has 1 nitrogen and oxygen atoms in total. The summed E-state index contributed by atoms with van der Waals surface area (Å²) in [4.78, 5) is 0. The lowest BCUT2D eigenvalue weighted by molar-refractivity contribution is 0.624. The molecule has 0 atom stereocenters. The predicted octanol–water partition coefficient (Wildman–Crippen LogP) is 4.08. The van der Waals surface area contributed by atoms with Crippen LogP contribution < -0.4 is 0 Å². The summed E-state index contributed by atoms with van der Waals surface area (Å²) in [5.74, 6) is -0.437. The van der Waals surface area contributed by atoms with Gasteiger partial charge in [0, 0.05) is 15.6 Å². The van der Waals surface area contributed by atoms with Crippen LogP contribution in [0.15, 0.2) is 28.2 Å². The van der Waals surface area contributed by atoms with E-state index in [0.29, 0.717) is 5.57 Å². The Labute approximate surface area is 94.9 Å². The first-order chi connectivity index (χ1) is 6.56. The van der Waals surface area contributed by atoms with Crippen molar-refractivity contribution in [3.8, 4) is 6.07 Å². The molecule has 14 heavy (non-hydrogen) atoms. The summed E-state index contributed by atoms with van der Waals surface area (Å²) in [7, 11) is 0. The molecule has 1 aromatic carbocycles. The number of rotatable bonds is 1. The van der Waals surface area contributed by atoms with Crippen molar-refractivity contribution in [2.24, 2.45) is 0 Å². The summed E-state index contributed by atoms with van der Waals surface area (Å²) in [6, 6.07) is 6.29. The lowest BCUT2D eigenvalue weighted by Crippen LogP contribution is -1.87. The molecule has 0 radical (unpaired) electrons. The fraction of sp³-hybridized carbons (Fsp3) is 0.100. The van der Waals surface area contributed by atoms with E-state index in [0.717, 1.165) is 4.47 Å². The van der Waals surface area contributed by atoms with Crippen molar-refractivity contribution in [2.45, 2.75) is 6.92 Å². The van der Waals surface area contributed by atoms with Crippen LogP contribution >= 0.6 is 27.5 Å². The van der Waals surface area contributed by atoms with E-state index >= 15 is 0 Å². The predicted molar refractivity (Wildman–Crippen MR) is 58.2 cm³/mol. The van der Waals surface area contributed by atoms with E-state index in [1.54, 1.807) is 19.1 Å². The molecule has 0 aliphatic carbocycles. The van der Waals surface area contributed by atoms with E-state index < -0.39 is 5.82 Å². The van der Waals surface area contributed by atoms with Gasteiger partial charge >= 0.3 is 0 Å². The zero-order chi connectivity index (χ0) is 10.7. The van der Waals surface area contributed by atoms with Crippen LogP contribution in [0.3, 0.4) is 0 Å². The van der Waals surface area contributed by atoms with Gasteiger partial charge in [0.1, 0.15) is 5.82 Å². The lowest BCUT2D eigenvalue weighted by atomic mass is 10.1. The fourth-order valence-electron chi connectivity index (χ4n) is 0.917. The summed E-state index contributed by atoms with van der Waals surface area (Å²) < 4.78 is 14.0. The normalized spacial score (nSPS) is 11.9. The second-order valence-electron chi connectivity index (χ2n) is 2.67. The average Bonchev–Trinajstić information content (AvgIpc) is 2.19. The van der Waals surface area contributed by atoms with Gasteiger partial charge in [0.15, 0.2) is 0 Å². The Morgan fingerprint density at radius 3 is 2.79 bits per heavy atom.